The molecule has 5 rings (SSSR count). The minimum Gasteiger partial charge on any atom is -0.456 e. The molecule has 0 saturated carbocycles. The zero-order valence-corrected chi connectivity index (χ0v) is 13.8. The summed E-state index contributed by atoms with van der Waals surface area (Å²) < 4.78 is 5.26. The normalized spacial score (nSPS) is 18.8. The quantitative estimate of drug-likeness (QED) is 0.664. The Kier molecular flexibility index (Phi) is 2.77. The molecular weight excluding hydrogens is 318 g/mol. The number of rotatable bonds is 1. The molecule has 0 radical (unpaired) electrons. The van der Waals surface area contributed by atoms with Crippen molar-refractivity contribution in [3.8, 4) is 0 Å². The summed E-state index contributed by atoms with van der Waals surface area (Å²) in [5.41, 5.74) is 6.37. The number of nitrogens with one attached hydrogen (secondary N) is 2. The van der Waals surface area contributed by atoms with E-state index in [1.807, 2.05) is 38.1 Å². The average Bonchev–Trinajstić information content (AvgIpc) is 3.16. The molecule has 25 heavy (non-hydrogen) atoms. The molecule has 7 nitrogen and oxygen atoms in total. The number of nitrogens with zero attached hydrogens (tertiary/aromatic N) is 3. The highest BCUT2D eigenvalue weighted by Gasteiger charge is 2.42. The molecule has 4 heterocycles. The van der Waals surface area contributed by atoms with Crippen molar-refractivity contribution in [1.29, 1.82) is 0 Å². The van der Waals surface area contributed by atoms with E-state index in [4.69, 9.17) is 9.72 Å². The maximum atomic E-state index is 12.4. The van der Waals surface area contributed by atoms with Gasteiger partial charge in [-0.1, -0.05) is 12.1 Å². The summed E-state index contributed by atoms with van der Waals surface area (Å²) in [5, 5.41) is 10.5. The second-order valence-electron chi connectivity index (χ2n) is 6.32. The van der Waals surface area contributed by atoms with E-state index in [0.717, 1.165) is 39.4 Å². The van der Waals surface area contributed by atoms with E-state index in [9.17, 15) is 4.79 Å². The van der Waals surface area contributed by atoms with Crippen LogP contribution in [-0.4, -0.2) is 32.7 Å². The van der Waals surface area contributed by atoms with Crippen LogP contribution in [0.5, 0.6) is 0 Å². The Labute approximate surface area is 143 Å². The molecule has 7 heteroatoms. The summed E-state index contributed by atoms with van der Waals surface area (Å²) in [5.74, 6) is 0.0686. The Hall–Kier alpha value is -3.22. The first-order valence-corrected chi connectivity index (χ1v) is 8.09. The van der Waals surface area contributed by atoms with Crippen LogP contribution < -0.4 is 5.32 Å². The number of aromatic amines is 1. The Morgan fingerprint density at radius 1 is 1.16 bits per heavy atom. The number of H-pyrrole nitrogens is 1. The van der Waals surface area contributed by atoms with Crippen LogP contribution in [0.3, 0.4) is 0 Å². The highest BCUT2D eigenvalue weighted by Crippen LogP contribution is 2.44. The summed E-state index contributed by atoms with van der Waals surface area (Å²) >= 11 is 0. The first-order chi connectivity index (χ1) is 12.1. The summed E-state index contributed by atoms with van der Waals surface area (Å²) in [6.45, 7) is 4.10. The Balaban J connectivity index is 1.81. The smallest absolute Gasteiger partial charge is 0.337 e. The van der Waals surface area contributed by atoms with E-state index in [2.05, 4.69) is 20.5 Å². The standard InChI is InChI=1S/C18H15N5O2/c1-8-13-15(14-12(7-25-18(14)24)21-17(13)23-22-8)16-9(2)19-10-5-3-4-6-11(10)20-16/h3-6,15H,7H2,1-2H3,(H2,21,22,23). The highest BCUT2D eigenvalue weighted by molar-refractivity contribution is 5.97. The summed E-state index contributed by atoms with van der Waals surface area (Å²) in [4.78, 5) is 21.9. The molecule has 0 spiro atoms. The topological polar surface area (TPSA) is 92.8 Å². The van der Waals surface area contributed by atoms with Gasteiger partial charge in [0, 0.05) is 11.3 Å². The van der Waals surface area contributed by atoms with Crippen LogP contribution in [0, 0.1) is 13.8 Å². The number of anilines is 1. The molecule has 0 bridgehead atoms. The Bertz CT molecular complexity index is 1080. The fraction of sp³-hybridized carbons (Fsp3) is 0.222. The lowest BCUT2D eigenvalue weighted by atomic mass is 9.84. The first-order valence-electron chi connectivity index (χ1n) is 8.09. The number of hydrogen-bond donors (Lipinski definition) is 2. The van der Waals surface area contributed by atoms with E-state index < -0.39 is 0 Å². The third kappa shape index (κ3) is 1.92. The van der Waals surface area contributed by atoms with Crippen molar-refractivity contribution in [2.45, 2.75) is 19.8 Å². The minimum absolute atomic E-state index is 0.232. The maximum Gasteiger partial charge on any atom is 0.337 e. The number of hydrogen-bond acceptors (Lipinski definition) is 6. The molecule has 1 atom stereocenters. The van der Waals surface area contributed by atoms with Gasteiger partial charge < -0.3 is 10.1 Å². The minimum atomic E-state index is -0.336. The molecule has 1 unspecified atom stereocenters. The van der Waals surface area contributed by atoms with Gasteiger partial charge in [0.1, 0.15) is 6.61 Å². The Morgan fingerprint density at radius 3 is 2.72 bits per heavy atom. The molecule has 0 fully saturated rings. The van der Waals surface area contributed by atoms with Crippen LogP contribution in [0.1, 0.15) is 28.6 Å². The third-order valence-corrected chi connectivity index (χ3v) is 4.79. The molecule has 2 aliphatic heterocycles. The van der Waals surface area contributed by atoms with Crippen molar-refractivity contribution in [3.63, 3.8) is 0 Å². The molecule has 2 N–H and O–H groups in total. The van der Waals surface area contributed by atoms with Crippen LogP contribution in [0.2, 0.25) is 0 Å². The highest BCUT2D eigenvalue weighted by atomic mass is 16.5. The molecule has 1 aromatic carbocycles. The molecule has 3 aromatic rings. The number of carbonyl (C=O) groups excluding carboxylic acids is 1. The van der Waals surface area contributed by atoms with E-state index in [-0.39, 0.29) is 18.5 Å². The van der Waals surface area contributed by atoms with Crippen LogP contribution in [0.25, 0.3) is 11.0 Å². The van der Waals surface area contributed by atoms with Crippen molar-refractivity contribution >= 4 is 22.8 Å². The van der Waals surface area contributed by atoms with Crippen molar-refractivity contribution in [2.75, 3.05) is 11.9 Å². The number of aromatic nitrogens is 4. The van der Waals surface area contributed by atoms with Gasteiger partial charge in [-0.3, -0.25) is 5.10 Å². The van der Waals surface area contributed by atoms with Crippen LogP contribution in [-0.2, 0) is 9.53 Å². The molecule has 2 aromatic heterocycles. The van der Waals surface area contributed by atoms with Crippen molar-refractivity contribution in [3.05, 3.63) is 58.2 Å². The van der Waals surface area contributed by atoms with E-state index in [0.29, 0.717) is 11.4 Å². The van der Waals surface area contributed by atoms with Gasteiger partial charge in [0.2, 0.25) is 0 Å². The zero-order valence-electron chi connectivity index (χ0n) is 13.8. The van der Waals surface area contributed by atoms with Gasteiger partial charge in [-0.05, 0) is 26.0 Å². The van der Waals surface area contributed by atoms with Gasteiger partial charge in [-0.2, -0.15) is 5.10 Å². The average molecular weight is 333 g/mol. The monoisotopic (exact) mass is 333 g/mol. The van der Waals surface area contributed by atoms with Crippen molar-refractivity contribution in [1.82, 2.24) is 20.2 Å². The number of fused-ring (bicyclic) bond motifs is 2. The first kappa shape index (κ1) is 14.2. The molecule has 0 aliphatic carbocycles. The van der Waals surface area contributed by atoms with Gasteiger partial charge in [0.25, 0.3) is 0 Å². The molecule has 2 aliphatic rings. The van der Waals surface area contributed by atoms with E-state index in [1.165, 1.54) is 0 Å². The van der Waals surface area contributed by atoms with Crippen molar-refractivity contribution in [2.24, 2.45) is 0 Å². The number of cyclic esters (lactones) is 1. The lowest BCUT2D eigenvalue weighted by Crippen LogP contribution is -2.21. The summed E-state index contributed by atoms with van der Waals surface area (Å²) in [6, 6.07) is 7.73. The predicted molar refractivity (Wildman–Crippen MR) is 91.1 cm³/mol. The van der Waals surface area contributed by atoms with Gasteiger partial charge in [-0.15, -0.1) is 0 Å². The Morgan fingerprint density at radius 2 is 1.92 bits per heavy atom. The van der Waals surface area contributed by atoms with Crippen LogP contribution >= 0.6 is 0 Å². The largest absolute Gasteiger partial charge is 0.456 e. The van der Waals surface area contributed by atoms with Crippen molar-refractivity contribution < 1.29 is 9.53 Å². The fourth-order valence-electron chi connectivity index (χ4n) is 3.63. The van der Waals surface area contributed by atoms with Gasteiger partial charge in [0.15, 0.2) is 5.82 Å². The lowest BCUT2D eigenvalue weighted by Gasteiger charge is -2.24. The second-order valence-corrected chi connectivity index (χ2v) is 6.32. The number of benzene rings is 1. The zero-order chi connectivity index (χ0) is 17.1. The van der Waals surface area contributed by atoms with Crippen LogP contribution in [0.15, 0.2) is 35.5 Å². The lowest BCUT2D eigenvalue weighted by molar-refractivity contribution is -0.136. The SMILES string of the molecule is Cc1nc2ccccc2nc1C1C2=C(COC2=O)Nc2n[nH]c(C)c21. The fourth-order valence-corrected chi connectivity index (χ4v) is 3.63. The molecular formula is C18H15N5O2. The number of esters is 1. The number of para-hydroxylation sites is 2. The van der Waals surface area contributed by atoms with E-state index in [1.54, 1.807) is 0 Å². The van der Waals surface area contributed by atoms with Gasteiger partial charge in [-0.25, -0.2) is 14.8 Å². The van der Waals surface area contributed by atoms with Gasteiger partial charge >= 0.3 is 5.97 Å². The van der Waals surface area contributed by atoms with Crippen LogP contribution in [0.4, 0.5) is 5.82 Å². The second kappa shape index (κ2) is 4.89. The number of carbonyl (C=O) groups is 1. The summed E-state index contributed by atoms with van der Waals surface area (Å²) in [7, 11) is 0. The molecule has 0 amide bonds. The number of aryl methyl sites for hydroxylation is 2. The maximum absolute atomic E-state index is 12.4. The third-order valence-electron chi connectivity index (χ3n) is 4.79. The number of ether oxygens (including phenoxy) is 1. The van der Waals surface area contributed by atoms with E-state index >= 15 is 0 Å². The van der Waals surface area contributed by atoms with Gasteiger partial charge in [0.05, 0.1) is 39.6 Å². The predicted octanol–water partition coefficient (Wildman–Crippen LogP) is 2.34. The molecule has 0 saturated heterocycles. The summed E-state index contributed by atoms with van der Waals surface area (Å²) in [6.07, 6.45) is 0. The molecule has 124 valence electrons.